The third-order valence-electron chi connectivity index (χ3n) is 2.05. The van der Waals surface area contributed by atoms with Crippen LogP contribution in [-0.4, -0.2) is 29.8 Å². The molecule has 0 saturated heterocycles. The molecule has 0 aliphatic carbocycles. The van der Waals surface area contributed by atoms with Crippen molar-refractivity contribution in [3.8, 4) is 5.75 Å². The number of carbonyl (C=O) groups is 1. The average Bonchev–Trinajstić information content (AvgIpc) is 2.40. The van der Waals surface area contributed by atoms with Crippen LogP contribution in [0.15, 0.2) is 29.4 Å². The lowest BCUT2D eigenvalue weighted by Gasteiger charge is -2.05. The number of methoxy groups -OCH3 is 1. The summed E-state index contributed by atoms with van der Waals surface area (Å²) in [5.74, 6) is 0.372. The van der Waals surface area contributed by atoms with Gasteiger partial charge in [-0.15, -0.1) is 0 Å². The smallest absolute Gasteiger partial charge is 0.355 e. The van der Waals surface area contributed by atoms with E-state index in [1.54, 1.807) is 14.0 Å². The van der Waals surface area contributed by atoms with Crippen molar-refractivity contribution in [2.75, 3.05) is 23.6 Å². The summed E-state index contributed by atoms with van der Waals surface area (Å²) in [6.45, 7) is 2.11. The standard InChI is InChI=1S/C12H15IN2O3/c1-3-18-12(16)11(8-13)15-14-9-4-6-10(17-2)7-5-9/h4-7,14H,3,8H2,1-2H3/b15-11+. The molecule has 1 N–H and O–H groups in total. The molecule has 0 amide bonds. The van der Waals surface area contributed by atoms with Crippen molar-refractivity contribution in [3.63, 3.8) is 0 Å². The average molecular weight is 362 g/mol. The fraction of sp³-hybridized carbons (Fsp3) is 0.333. The Morgan fingerprint density at radius 2 is 2.06 bits per heavy atom. The van der Waals surface area contributed by atoms with Gasteiger partial charge in [0.2, 0.25) is 0 Å². The van der Waals surface area contributed by atoms with Gasteiger partial charge in [-0.25, -0.2) is 4.79 Å². The lowest BCUT2D eigenvalue weighted by molar-refractivity contribution is -0.135. The molecule has 0 aliphatic heterocycles. The Kier molecular flexibility index (Phi) is 6.48. The van der Waals surface area contributed by atoms with E-state index < -0.39 is 5.97 Å². The molecule has 1 rings (SSSR count). The number of benzene rings is 1. The molecule has 0 aliphatic rings. The van der Waals surface area contributed by atoms with Gasteiger partial charge in [0.05, 0.1) is 23.8 Å². The molecule has 6 heteroatoms. The number of hydrazone groups is 1. The largest absolute Gasteiger partial charge is 0.497 e. The zero-order valence-electron chi connectivity index (χ0n) is 10.3. The second-order valence-corrected chi connectivity index (χ2v) is 4.02. The van der Waals surface area contributed by atoms with Crippen molar-refractivity contribution in [3.05, 3.63) is 24.3 Å². The lowest BCUT2D eigenvalue weighted by Crippen LogP contribution is -2.20. The van der Waals surface area contributed by atoms with E-state index in [2.05, 4.69) is 33.1 Å². The Hall–Kier alpha value is -1.31. The van der Waals surface area contributed by atoms with Gasteiger partial charge in [0.15, 0.2) is 5.71 Å². The third-order valence-corrected chi connectivity index (χ3v) is 2.77. The van der Waals surface area contributed by atoms with E-state index in [0.29, 0.717) is 16.7 Å². The van der Waals surface area contributed by atoms with E-state index in [4.69, 9.17) is 9.47 Å². The number of esters is 1. The highest BCUT2D eigenvalue weighted by atomic mass is 127. The second-order valence-electron chi connectivity index (χ2n) is 3.25. The van der Waals surface area contributed by atoms with Crippen LogP contribution in [0.25, 0.3) is 0 Å². The minimum Gasteiger partial charge on any atom is -0.497 e. The van der Waals surface area contributed by atoms with Gasteiger partial charge in [-0.05, 0) is 31.2 Å². The van der Waals surface area contributed by atoms with Crippen LogP contribution in [-0.2, 0) is 9.53 Å². The number of ether oxygens (including phenoxy) is 2. The molecule has 0 fully saturated rings. The number of hydrogen-bond acceptors (Lipinski definition) is 5. The normalized spacial score (nSPS) is 10.9. The molecule has 0 aromatic heterocycles. The monoisotopic (exact) mass is 362 g/mol. The molecule has 98 valence electrons. The van der Waals surface area contributed by atoms with Crippen molar-refractivity contribution >= 4 is 40.0 Å². The van der Waals surface area contributed by atoms with E-state index in [-0.39, 0.29) is 0 Å². The first-order chi connectivity index (χ1) is 8.71. The first kappa shape index (κ1) is 14.7. The molecule has 0 bridgehead atoms. The highest BCUT2D eigenvalue weighted by Gasteiger charge is 2.10. The maximum atomic E-state index is 11.5. The number of carbonyl (C=O) groups excluding carboxylic acids is 1. The van der Waals surface area contributed by atoms with E-state index in [1.807, 2.05) is 24.3 Å². The van der Waals surface area contributed by atoms with Gasteiger partial charge >= 0.3 is 5.97 Å². The minimum absolute atomic E-state index is 0.344. The number of alkyl halides is 1. The van der Waals surface area contributed by atoms with Crippen LogP contribution in [0.5, 0.6) is 5.75 Å². The van der Waals surface area contributed by atoms with Crippen molar-refractivity contribution in [1.82, 2.24) is 0 Å². The van der Waals surface area contributed by atoms with Crippen LogP contribution in [0.3, 0.4) is 0 Å². The van der Waals surface area contributed by atoms with Crippen molar-refractivity contribution in [1.29, 1.82) is 0 Å². The molecule has 0 heterocycles. The predicted octanol–water partition coefficient (Wildman–Crippen LogP) is 2.46. The maximum absolute atomic E-state index is 11.5. The Labute approximate surface area is 120 Å². The summed E-state index contributed by atoms with van der Waals surface area (Å²) in [5.41, 5.74) is 3.95. The Bertz CT molecular complexity index is 418. The van der Waals surface area contributed by atoms with Crippen molar-refractivity contribution < 1.29 is 14.3 Å². The molecule has 0 radical (unpaired) electrons. The third kappa shape index (κ3) is 4.52. The van der Waals surface area contributed by atoms with E-state index in [0.717, 1.165) is 11.4 Å². The zero-order valence-corrected chi connectivity index (χ0v) is 12.4. The molecule has 1 aromatic rings. The predicted molar refractivity (Wildman–Crippen MR) is 79.6 cm³/mol. The fourth-order valence-corrected chi connectivity index (χ4v) is 1.62. The molecule has 5 nitrogen and oxygen atoms in total. The first-order valence-corrected chi connectivity index (χ1v) is 6.93. The molecular formula is C12H15IN2O3. The Morgan fingerprint density at radius 3 is 2.56 bits per heavy atom. The molecule has 18 heavy (non-hydrogen) atoms. The quantitative estimate of drug-likeness (QED) is 0.278. The summed E-state index contributed by atoms with van der Waals surface area (Å²) >= 11 is 2.07. The van der Waals surface area contributed by atoms with Crippen LogP contribution in [0.4, 0.5) is 5.69 Å². The summed E-state index contributed by atoms with van der Waals surface area (Å²) in [5, 5.41) is 4.03. The Balaban J connectivity index is 2.67. The van der Waals surface area contributed by atoms with Crippen LogP contribution in [0.1, 0.15) is 6.92 Å². The van der Waals surface area contributed by atoms with Crippen molar-refractivity contribution in [2.45, 2.75) is 6.92 Å². The highest BCUT2D eigenvalue weighted by Crippen LogP contribution is 2.14. The zero-order chi connectivity index (χ0) is 13.4. The molecule has 0 saturated carbocycles. The second kappa shape index (κ2) is 7.91. The summed E-state index contributed by atoms with van der Waals surface area (Å²) in [7, 11) is 1.61. The maximum Gasteiger partial charge on any atom is 0.355 e. The van der Waals surface area contributed by atoms with Gasteiger partial charge < -0.3 is 9.47 Å². The minimum atomic E-state index is -0.395. The molecule has 0 atom stereocenters. The summed E-state index contributed by atoms with van der Waals surface area (Å²) in [4.78, 5) is 11.5. The summed E-state index contributed by atoms with van der Waals surface area (Å²) < 4.78 is 10.4. The number of halogens is 1. The lowest BCUT2D eigenvalue weighted by atomic mass is 10.3. The number of hydrogen-bond donors (Lipinski definition) is 1. The van der Waals surface area contributed by atoms with Crippen LogP contribution in [0.2, 0.25) is 0 Å². The molecule has 1 aromatic carbocycles. The van der Waals surface area contributed by atoms with Gasteiger partial charge in [0.1, 0.15) is 5.75 Å². The molecule has 0 spiro atoms. The number of nitrogens with zero attached hydrogens (tertiary/aromatic N) is 1. The molecule has 0 unspecified atom stereocenters. The number of anilines is 1. The number of rotatable bonds is 6. The SMILES string of the molecule is CCOC(=O)/C(CI)=N/Nc1ccc(OC)cc1. The van der Waals surface area contributed by atoms with Gasteiger partial charge in [0, 0.05) is 0 Å². The van der Waals surface area contributed by atoms with Gasteiger partial charge in [-0.3, -0.25) is 5.43 Å². The molecular weight excluding hydrogens is 347 g/mol. The topological polar surface area (TPSA) is 59.9 Å². The van der Waals surface area contributed by atoms with E-state index in [1.165, 1.54) is 0 Å². The van der Waals surface area contributed by atoms with Gasteiger partial charge in [-0.2, -0.15) is 5.10 Å². The van der Waals surface area contributed by atoms with Crippen LogP contribution < -0.4 is 10.2 Å². The highest BCUT2D eigenvalue weighted by molar-refractivity contribution is 14.1. The van der Waals surface area contributed by atoms with Gasteiger partial charge in [-0.1, -0.05) is 22.6 Å². The van der Waals surface area contributed by atoms with E-state index in [9.17, 15) is 4.79 Å². The summed E-state index contributed by atoms with van der Waals surface area (Å²) in [6, 6.07) is 7.26. The van der Waals surface area contributed by atoms with E-state index >= 15 is 0 Å². The number of nitrogens with one attached hydrogen (secondary N) is 1. The van der Waals surface area contributed by atoms with Crippen molar-refractivity contribution in [2.24, 2.45) is 5.10 Å². The van der Waals surface area contributed by atoms with Gasteiger partial charge in [0.25, 0.3) is 0 Å². The van der Waals surface area contributed by atoms with Crippen LogP contribution >= 0.6 is 22.6 Å². The Morgan fingerprint density at radius 1 is 1.39 bits per heavy atom. The van der Waals surface area contributed by atoms with Crippen LogP contribution in [0, 0.1) is 0 Å². The first-order valence-electron chi connectivity index (χ1n) is 5.41. The fourth-order valence-electron chi connectivity index (χ4n) is 1.14. The summed E-state index contributed by atoms with van der Waals surface area (Å²) in [6.07, 6.45) is 0.